The number of halogens is 5. The van der Waals surface area contributed by atoms with Gasteiger partial charge in [0.25, 0.3) is 5.24 Å². The largest absolute Gasteiger partial charge is 0.574 e. The molecule has 0 aliphatic carbocycles. The summed E-state index contributed by atoms with van der Waals surface area (Å²) in [6, 6.07) is 0.930. The highest BCUT2D eigenvalue weighted by molar-refractivity contribution is 14.1. The van der Waals surface area contributed by atoms with Gasteiger partial charge in [-0.15, -0.1) is 13.2 Å². The van der Waals surface area contributed by atoms with Gasteiger partial charge in [-0.3, -0.25) is 9.59 Å². The molecule has 0 saturated heterocycles. The topological polar surface area (TPSA) is 59.2 Å². The number of carbonyl (C=O) groups excluding carboxylic acids is 1. The molecule has 0 aliphatic rings. The van der Waals surface area contributed by atoms with Crippen LogP contribution in [0.1, 0.15) is 10.4 Å². The number of alkyl halides is 3. The first-order valence-corrected chi connectivity index (χ1v) is 5.05. The summed E-state index contributed by atoms with van der Waals surface area (Å²) in [7, 11) is 0. The Hall–Kier alpha value is -0.770. The Morgan fingerprint density at radius 3 is 2.50 bits per heavy atom. The summed E-state index contributed by atoms with van der Waals surface area (Å²) >= 11 is 6.55. The number of hydrogen-bond acceptors (Lipinski definition) is 3. The Morgan fingerprint density at radius 1 is 1.50 bits per heavy atom. The van der Waals surface area contributed by atoms with E-state index in [0.717, 1.165) is 6.07 Å². The first-order chi connectivity index (χ1) is 7.20. The van der Waals surface area contributed by atoms with E-state index in [4.69, 9.17) is 11.6 Å². The molecule has 1 N–H and O–H groups in total. The molecule has 0 unspecified atom stereocenters. The van der Waals surface area contributed by atoms with Gasteiger partial charge in [-0.05, 0) is 34.2 Å². The Kier molecular flexibility index (Phi) is 3.84. The van der Waals surface area contributed by atoms with E-state index < -0.39 is 28.5 Å². The van der Waals surface area contributed by atoms with Crippen LogP contribution in [0.4, 0.5) is 13.2 Å². The van der Waals surface area contributed by atoms with Crippen LogP contribution in [0.25, 0.3) is 0 Å². The van der Waals surface area contributed by atoms with Crippen molar-refractivity contribution >= 4 is 39.4 Å². The summed E-state index contributed by atoms with van der Waals surface area (Å²) < 4.78 is 39.4. The second kappa shape index (κ2) is 4.62. The molecule has 9 heteroatoms. The van der Waals surface area contributed by atoms with Crippen LogP contribution < -0.4 is 10.2 Å². The van der Waals surface area contributed by atoms with Gasteiger partial charge in [0, 0.05) is 6.07 Å². The van der Waals surface area contributed by atoms with Gasteiger partial charge in [-0.2, -0.15) is 0 Å². The van der Waals surface area contributed by atoms with E-state index in [-0.39, 0.29) is 3.70 Å². The number of pyridine rings is 1. The molecule has 0 saturated carbocycles. The summed E-state index contributed by atoms with van der Waals surface area (Å²) in [4.78, 5) is 24.1. The molecule has 1 aromatic rings. The standard InChI is InChI=1S/C7H2ClF3INO3/c8-5(15)4-2(14)1-3(12)13-6(4)16-7(9,10)11/h1H,(H,13,14). The predicted molar refractivity (Wildman–Crippen MR) is 56.6 cm³/mol. The first kappa shape index (κ1) is 13.3. The molecule has 0 aliphatic heterocycles. The number of H-pyrrole nitrogens is 1. The molecular weight excluding hydrogens is 365 g/mol. The van der Waals surface area contributed by atoms with Crippen LogP contribution in [0.15, 0.2) is 10.9 Å². The van der Waals surface area contributed by atoms with Crippen LogP contribution in [-0.4, -0.2) is 16.6 Å². The van der Waals surface area contributed by atoms with E-state index in [1.54, 1.807) is 22.6 Å². The summed E-state index contributed by atoms with van der Waals surface area (Å²) in [5.41, 5.74) is -1.82. The SMILES string of the molecule is O=C(Cl)c1c(OC(F)(F)F)[nH]c(I)cc1=O. The summed E-state index contributed by atoms with van der Waals surface area (Å²) in [5, 5.41) is -1.32. The van der Waals surface area contributed by atoms with Crippen molar-refractivity contribution in [2.45, 2.75) is 6.36 Å². The maximum Gasteiger partial charge on any atom is 0.574 e. The number of rotatable bonds is 2. The molecule has 0 aromatic carbocycles. The van der Waals surface area contributed by atoms with Crippen molar-refractivity contribution in [2.75, 3.05) is 0 Å². The van der Waals surface area contributed by atoms with Crippen LogP contribution in [0, 0.1) is 3.70 Å². The van der Waals surface area contributed by atoms with E-state index in [1.807, 2.05) is 0 Å². The molecule has 1 rings (SSSR count). The predicted octanol–water partition coefficient (Wildman–Crippen LogP) is 2.26. The number of carbonyl (C=O) groups is 1. The van der Waals surface area contributed by atoms with Crippen LogP contribution in [0.3, 0.4) is 0 Å². The Bertz CT molecular complexity index is 485. The second-order valence-electron chi connectivity index (χ2n) is 2.51. The number of hydrogen-bond donors (Lipinski definition) is 1. The average molecular weight is 367 g/mol. The van der Waals surface area contributed by atoms with Gasteiger partial charge in [0.2, 0.25) is 5.88 Å². The molecule has 16 heavy (non-hydrogen) atoms. The molecule has 0 spiro atoms. The third-order valence-corrected chi connectivity index (χ3v) is 2.15. The van der Waals surface area contributed by atoms with Crippen molar-refractivity contribution in [3.8, 4) is 5.88 Å². The Balaban J connectivity index is 3.36. The van der Waals surface area contributed by atoms with Crippen LogP contribution in [-0.2, 0) is 0 Å². The van der Waals surface area contributed by atoms with Gasteiger partial charge in [0.15, 0.2) is 5.43 Å². The van der Waals surface area contributed by atoms with Crippen LogP contribution in [0.2, 0.25) is 0 Å². The molecule has 88 valence electrons. The Labute approximate surface area is 105 Å². The first-order valence-electron chi connectivity index (χ1n) is 3.59. The third-order valence-electron chi connectivity index (χ3n) is 1.38. The third kappa shape index (κ3) is 3.37. The van der Waals surface area contributed by atoms with Crippen LogP contribution in [0.5, 0.6) is 5.88 Å². The van der Waals surface area contributed by atoms with E-state index in [1.165, 1.54) is 0 Å². The summed E-state index contributed by atoms with van der Waals surface area (Å²) in [5.74, 6) is -1.01. The quantitative estimate of drug-likeness (QED) is 0.496. The highest BCUT2D eigenvalue weighted by atomic mass is 127. The minimum Gasteiger partial charge on any atom is -0.389 e. The fraction of sp³-hybridized carbons (Fsp3) is 0.143. The fourth-order valence-electron chi connectivity index (χ4n) is 0.885. The molecule has 0 fully saturated rings. The molecule has 4 nitrogen and oxygen atoms in total. The minimum absolute atomic E-state index is 0.0866. The lowest BCUT2D eigenvalue weighted by atomic mass is 10.3. The maximum absolute atomic E-state index is 11.9. The molecule has 0 amide bonds. The van der Waals surface area contributed by atoms with Gasteiger partial charge >= 0.3 is 6.36 Å². The van der Waals surface area contributed by atoms with Crippen molar-refractivity contribution in [2.24, 2.45) is 0 Å². The van der Waals surface area contributed by atoms with Gasteiger partial charge in [0.1, 0.15) is 5.56 Å². The van der Waals surface area contributed by atoms with Crippen molar-refractivity contribution in [3.05, 3.63) is 25.6 Å². The Morgan fingerprint density at radius 2 is 2.06 bits per heavy atom. The zero-order valence-corrected chi connectivity index (χ0v) is 10.1. The molecule has 0 bridgehead atoms. The van der Waals surface area contributed by atoms with Gasteiger partial charge in [-0.25, -0.2) is 0 Å². The van der Waals surface area contributed by atoms with Crippen molar-refractivity contribution in [1.29, 1.82) is 0 Å². The van der Waals surface area contributed by atoms with E-state index in [9.17, 15) is 22.8 Å². The zero-order valence-electron chi connectivity index (χ0n) is 7.19. The fourth-order valence-corrected chi connectivity index (χ4v) is 1.59. The number of aromatic nitrogens is 1. The lowest BCUT2D eigenvalue weighted by Crippen LogP contribution is -2.23. The normalized spacial score (nSPS) is 11.3. The van der Waals surface area contributed by atoms with E-state index >= 15 is 0 Å². The summed E-state index contributed by atoms with van der Waals surface area (Å²) in [6.07, 6.45) is -5.02. The molecule has 0 atom stereocenters. The average Bonchev–Trinajstić information content (AvgIpc) is 1.96. The number of aromatic amines is 1. The zero-order chi connectivity index (χ0) is 12.5. The van der Waals surface area contributed by atoms with Gasteiger partial charge in [-0.1, -0.05) is 0 Å². The summed E-state index contributed by atoms with van der Waals surface area (Å²) in [6.45, 7) is 0. The molecule has 1 aromatic heterocycles. The molecule has 0 radical (unpaired) electrons. The lowest BCUT2D eigenvalue weighted by molar-refractivity contribution is -0.276. The lowest BCUT2D eigenvalue weighted by Gasteiger charge is -2.10. The van der Waals surface area contributed by atoms with Crippen molar-refractivity contribution in [3.63, 3.8) is 0 Å². The molecule has 1 heterocycles. The van der Waals surface area contributed by atoms with E-state index in [2.05, 4.69) is 9.72 Å². The second-order valence-corrected chi connectivity index (χ2v) is 4.01. The van der Waals surface area contributed by atoms with E-state index in [0.29, 0.717) is 0 Å². The number of ether oxygens (including phenoxy) is 1. The minimum atomic E-state index is -5.02. The van der Waals surface area contributed by atoms with Crippen molar-refractivity contribution in [1.82, 2.24) is 4.98 Å². The molecular formula is C7H2ClF3INO3. The highest BCUT2D eigenvalue weighted by Gasteiger charge is 2.34. The smallest absolute Gasteiger partial charge is 0.389 e. The van der Waals surface area contributed by atoms with Gasteiger partial charge < -0.3 is 9.72 Å². The highest BCUT2D eigenvalue weighted by Crippen LogP contribution is 2.24. The maximum atomic E-state index is 11.9. The van der Waals surface area contributed by atoms with Gasteiger partial charge in [0.05, 0.1) is 3.70 Å². The van der Waals surface area contributed by atoms with Crippen LogP contribution >= 0.6 is 34.2 Å². The monoisotopic (exact) mass is 367 g/mol. The number of nitrogens with one attached hydrogen (secondary N) is 1. The van der Waals surface area contributed by atoms with Crippen molar-refractivity contribution < 1.29 is 22.7 Å².